The van der Waals surface area contributed by atoms with Crippen molar-refractivity contribution in [3.63, 3.8) is 0 Å². The van der Waals surface area contributed by atoms with E-state index in [-0.39, 0.29) is 12.0 Å². The van der Waals surface area contributed by atoms with E-state index in [1.54, 1.807) is 24.5 Å². The van der Waals surface area contributed by atoms with Crippen LogP contribution in [0.5, 0.6) is 11.5 Å². The third kappa shape index (κ3) is 3.21. The first kappa shape index (κ1) is 16.1. The molecule has 130 valence electrons. The second-order valence-corrected chi connectivity index (χ2v) is 5.95. The van der Waals surface area contributed by atoms with Gasteiger partial charge in [-0.05, 0) is 49.4 Å². The Morgan fingerprint density at radius 1 is 0.923 bits per heavy atom. The van der Waals surface area contributed by atoms with E-state index in [0.717, 1.165) is 5.56 Å². The number of rotatable bonds is 3. The summed E-state index contributed by atoms with van der Waals surface area (Å²) in [5, 5.41) is 2.87. The van der Waals surface area contributed by atoms with Crippen molar-refractivity contribution in [2.75, 3.05) is 5.32 Å². The van der Waals surface area contributed by atoms with Crippen LogP contribution in [0.1, 0.15) is 6.92 Å². The lowest BCUT2D eigenvalue weighted by molar-refractivity contribution is -0.128. The minimum absolute atomic E-state index is 0.254. The predicted octanol–water partition coefficient (Wildman–Crippen LogP) is 3.31. The standard InChI is InChI=1S/C20H17N3O3/c1-13-18(26-17-6-3-2-5-16(17)25-13)20(24)23-15-9-7-14(8-10-15)19-21-11-4-12-22-19/h2-13,18H,1H3,(H,23,24). The number of fused-ring (bicyclic) bond motifs is 1. The maximum absolute atomic E-state index is 12.6. The van der Waals surface area contributed by atoms with Crippen molar-refractivity contribution in [2.45, 2.75) is 19.1 Å². The minimum Gasteiger partial charge on any atom is -0.482 e. The van der Waals surface area contributed by atoms with Gasteiger partial charge in [-0.2, -0.15) is 0 Å². The van der Waals surface area contributed by atoms with E-state index in [4.69, 9.17) is 9.47 Å². The molecule has 0 spiro atoms. The van der Waals surface area contributed by atoms with Crippen molar-refractivity contribution in [1.29, 1.82) is 0 Å². The zero-order valence-corrected chi connectivity index (χ0v) is 14.1. The number of para-hydroxylation sites is 2. The van der Waals surface area contributed by atoms with Crippen molar-refractivity contribution < 1.29 is 14.3 Å². The second-order valence-electron chi connectivity index (χ2n) is 5.95. The number of nitrogens with one attached hydrogen (secondary N) is 1. The van der Waals surface area contributed by atoms with Crippen LogP contribution in [0.3, 0.4) is 0 Å². The molecule has 1 aliphatic heterocycles. The number of anilines is 1. The molecule has 1 aliphatic rings. The van der Waals surface area contributed by atoms with Crippen LogP contribution >= 0.6 is 0 Å². The molecule has 4 rings (SSSR count). The van der Waals surface area contributed by atoms with E-state index in [1.807, 2.05) is 49.4 Å². The lowest BCUT2D eigenvalue weighted by atomic mass is 10.1. The van der Waals surface area contributed by atoms with Crippen molar-refractivity contribution in [1.82, 2.24) is 9.97 Å². The number of hydrogen-bond acceptors (Lipinski definition) is 5. The van der Waals surface area contributed by atoms with Gasteiger partial charge in [0.1, 0.15) is 6.10 Å². The van der Waals surface area contributed by atoms with E-state index >= 15 is 0 Å². The van der Waals surface area contributed by atoms with Crippen molar-refractivity contribution in [3.8, 4) is 22.9 Å². The first-order chi connectivity index (χ1) is 12.7. The van der Waals surface area contributed by atoms with Crippen molar-refractivity contribution >= 4 is 11.6 Å². The number of carbonyl (C=O) groups excluding carboxylic acids is 1. The lowest BCUT2D eigenvalue weighted by Crippen LogP contribution is -2.46. The quantitative estimate of drug-likeness (QED) is 0.787. The van der Waals surface area contributed by atoms with Gasteiger partial charge in [0, 0.05) is 23.6 Å². The molecule has 0 aliphatic carbocycles. The highest BCUT2D eigenvalue weighted by molar-refractivity contribution is 5.95. The Hall–Kier alpha value is -3.41. The fraction of sp³-hybridized carbons (Fsp3) is 0.150. The number of amides is 1. The van der Waals surface area contributed by atoms with Crippen LogP contribution in [0, 0.1) is 0 Å². The van der Waals surface area contributed by atoms with Crippen molar-refractivity contribution in [3.05, 3.63) is 67.0 Å². The Kier molecular flexibility index (Phi) is 4.23. The van der Waals surface area contributed by atoms with Gasteiger partial charge >= 0.3 is 0 Å². The highest BCUT2D eigenvalue weighted by atomic mass is 16.6. The number of carbonyl (C=O) groups is 1. The van der Waals surface area contributed by atoms with Gasteiger partial charge in [-0.15, -0.1) is 0 Å². The summed E-state index contributed by atoms with van der Waals surface area (Å²) in [5.41, 5.74) is 1.55. The monoisotopic (exact) mass is 347 g/mol. The van der Waals surface area contributed by atoms with E-state index < -0.39 is 6.10 Å². The third-order valence-corrected chi connectivity index (χ3v) is 4.08. The Morgan fingerprint density at radius 2 is 1.58 bits per heavy atom. The average Bonchev–Trinajstić information content (AvgIpc) is 2.68. The van der Waals surface area contributed by atoms with E-state index in [2.05, 4.69) is 15.3 Å². The fourth-order valence-corrected chi connectivity index (χ4v) is 2.77. The summed E-state index contributed by atoms with van der Waals surface area (Å²) < 4.78 is 11.6. The normalized spacial score (nSPS) is 18.2. The fourth-order valence-electron chi connectivity index (χ4n) is 2.77. The van der Waals surface area contributed by atoms with Crippen LogP contribution in [0.25, 0.3) is 11.4 Å². The first-order valence-corrected chi connectivity index (χ1v) is 8.31. The summed E-state index contributed by atoms with van der Waals surface area (Å²) in [6.07, 6.45) is 2.28. The summed E-state index contributed by atoms with van der Waals surface area (Å²) in [7, 11) is 0. The molecule has 2 unspecified atom stereocenters. The minimum atomic E-state index is -0.720. The topological polar surface area (TPSA) is 73.3 Å². The van der Waals surface area contributed by atoms with Gasteiger partial charge in [0.25, 0.3) is 5.91 Å². The number of aromatic nitrogens is 2. The van der Waals surface area contributed by atoms with Gasteiger partial charge in [0.05, 0.1) is 0 Å². The van der Waals surface area contributed by atoms with E-state index in [9.17, 15) is 4.79 Å². The summed E-state index contributed by atoms with van der Waals surface area (Å²) in [6, 6.07) is 16.4. The largest absolute Gasteiger partial charge is 0.482 e. The number of benzene rings is 2. The molecule has 26 heavy (non-hydrogen) atoms. The molecule has 6 nitrogen and oxygen atoms in total. The molecule has 2 atom stereocenters. The molecule has 2 aromatic carbocycles. The zero-order valence-electron chi connectivity index (χ0n) is 14.1. The van der Waals surface area contributed by atoms with Crippen LogP contribution in [-0.4, -0.2) is 28.1 Å². The molecular formula is C20H17N3O3. The predicted molar refractivity (Wildman–Crippen MR) is 97.0 cm³/mol. The van der Waals surface area contributed by atoms with Crippen LogP contribution in [0.15, 0.2) is 67.0 Å². The molecule has 0 radical (unpaired) electrons. The van der Waals surface area contributed by atoms with Crippen LogP contribution in [-0.2, 0) is 4.79 Å². The van der Waals surface area contributed by atoms with Crippen LogP contribution < -0.4 is 14.8 Å². The molecule has 1 amide bonds. The van der Waals surface area contributed by atoms with Gasteiger partial charge in [0.2, 0.25) is 6.10 Å². The Bertz CT molecular complexity index is 913. The molecule has 0 saturated carbocycles. The highest BCUT2D eigenvalue weighted by Gasteiger charge is 2.34. The van der Waals surface area contributed by atoms with Crippen LogP contribution in [0.4, 0.5) is 5.69 Å². The third-order valence-electron chi connectivity index (χ3n) is 4.08. The summed E-state index contributed by atoms with van der Waals surface area (Å²) in [4.78, 5) is 21.0. The molecule has 1 N–H and O–H groups in total. The van der Waals surface area contributed by atoms with Gasteiger partial charge < -0.3 is 14.8 Å². The maximum Gasteiger partial charge on any atom is 0.269 e. The van der Waals surface area contributed by atoms with Gasteiger partial charge in [-0.1, -0.05) is 12.1 Å². The SMILES string of the molecule is CC1Oc2ccccc2OC1C(=O)Nc1ccc(-c2ncccn2)cc1. The molecule has 6 heteroatoms. The number of nitrogens with zero attached hydrogens (tertiary/aromatic N) is 2. The molecule has 1 aromatic heterocycles. The van der Waals surface area contributed by atoms with Crippen molar-refractivity contribution in [2.24, 2.45) is 0 Å². The summed E-state index contributed by atoms with van der Waals surface area (Å²) in [5.74, 6) is 1.61. The molecule has 0 bridgehead atoms. The Morgan fingerprint density at radius 3 is 2.27 bits per heavy atom. The number of hydrogen-bond donors (Lipinski definition) is 1. The van der Waals surface area contributed by atoms with Gasteiger partial charge in [0.15, 0.2) is 17.3 Å². The van der Waals surface area contributed by atoms with Crippen LogP contribution in [0.2, 0.25) is 0 Å². The Balaban J connectivity index is 1.47. The molecule has 3 aromatic rings. The molecule has 0 fully saturated rings. The highest BCUT2D eigenvalue weighted by Crippen LogP contribution is 2.33. The zero-order chi connectivity index (χ0) is 17.9. The summed E-state index contributed by atoms with van der Waals surface area (Å²) >= 11 is 0. The van der Waals surface area contributed by atoms with E-state index in [0.29, 0.717) is 23.0 Å². The average molecular weight is 347 g/mol. The molecular weight excluding hydrogens is 330 g/mol. The Labute approximate surface area is 150 Å². The maximum atomic E-state index is 12.6. The van der Waals surface area contributed by atoms with Gasteiger partial charge in [-0.3, -0.25) is 4.79 Å². The first-order valence-electron chi connectivity index (χ1n) is 8.31. The van der Waals surface area contributed by atoms with E-state index in [1.165, 1.54) is 0 Å². The molecule has 0 saturated heterocycles. The van der Waals surface area contributed by atoms with Gasteiger partial charge in [-0.25, -0.2) is 9.97 Å². The number of ether oxygens (including phenoxy) is 2. The smallest absolute Gasteiger partial charge is 0.269 e. The second kappa shape index (κ2) is 6.84. The lowest BCUT2D eigenvalue weighted by Gasteiger charge is -2.31. The molecule has 2 heterocycles. The summed E-state index contributed by atoms with van der Waals surface area (Å²) in [6.45, 7) is 1.82.